The van der Waals surface area contributed by atoms with Crippen LogP contribution in [0.15, 0.2) is 36.9 Å². The van der Waals surface area contributed by atoms with Crippen molar-refractivity contribution in [1.82, 2.24) is 25.1 Å². The first kappa shape index (κ1) is 13.8. The molecule has 0 aliphatic carbocycles. The summed E-state index contributed by atoms with van der Waals surface area (Å²) in [6.07, 6.45) is 5.17. The van der Waals surface area contributed by atoms with E-state index in [1.165, 1.54) is 0 Å². The summed E-state index contributed by atoms with van der Waals surface area (Å²) in [4.78, 5) is 17.4. The fourth-order valence-electron chi connectivity index (χ4n) is 2.85. The molecular formula is C16H17N7. The van der Waals surface area contributed by atoms with Gasteiger partial charge in [0.25, 0.3) is 0 Å². The third-order valence-electron chi connectivity index (χ3n) is 4.10. The van der Waals surface area contributed by atoms with Crippen molar-refractivity contribution in [1.29, 1.82) is 0 Å². The molecule has 1 aliphatic heterocycles. The summed E-state index contributed by atoms with van der Waals surface area (Å²) in [5.41, 5.74) is 1.82. The average Bonchev–Trinajstić information content (AvgIpc) is 2.62. The maximum atomic E-state index is 4.48. The van der Waals surface area contributed by atoms with Crippen LogP contribution >= 0.6 is 0 Å². The third-order valence-corrected chi connectivity index (χ3v) is 4.10. The van der Waals surface area contributed by atoms with Crippen molar-refractivity contribution in [2.45, 2.75) is 6.92 Å². The van der Waals surface area contributed by atoms with E-state index in [2.05, 4.69) is 34.9 Å². The van der Waals surface area contributed by atoms with Crippen molar-refractivity contribution in [2.75, 3.05) is 36.0 Å². The van der Waals surface area contributed by atoms with Gasteiger partial charge in [0.2, 0.25) is 0 Å². The molecule has 1 aliphatic rings. The molecule has 7 nitrogen and oxygen atoms in total. The highest BCUT2D eigenvalue weighted by Crippen LogP contribution is 2.23. The van der Waals surface area contributed by atoms with E-state index in [0.29, 0.717) is 0 Å². The maximum Gasteiger partial charge on any atom is 0.151 e. The summed E-state index contributed by atoms with van der Waals surface area (Å²) < 4.78 is 0. The highest BCUT2D eigenvalue weighted by molar-refractivity contribution is 5.88. The zero-order valence-corrected chi connectivity index (χ0v) is 12.9. The summed E-state index contributed by atoms with van der Waals surface area (Å²) in [6.45, 7) is 5.53. The lowest BCUT2D eigenvalue weighted by Crippen LogP contribution is -2.47. The van der Waals surface area contributed by atoms with E-state index >= 15 is 0 Å². The molecular weight excluding hydrogens is 290 g/mol. The second-order valence-corrected chi connectivity index (χ2v) is 5.60. The molecule has 116 valence electrons. The van der Waals surface area contributed by atoms with Gasteiger partial charge in [0.15, 0.2) is 5.82 Å². The van der Waals surface area contributed by atoms with Gasteiger partial charge in [-0.2, -0.15) is 5.10 Å². The van der Waals surface area contributed by atoms with Gasteiger partial charge in [-0.3, -0.25) is 4.98 Å². The van der Waals surface area contributed by atoms with Crippen LogP contribution < -0.4 is 9.80 Å². The second-order valence-electron chi connectivity index (χ2n) is 5.60. The van der Waals surface area contributed by atoms with E-state index in [-0.39, 0.29) is 0 Å². The van der Waals surface area contributed by atoms with Gasteiger partial charge in [0.05, 0.1) is 17.4 Å². The van der Waals surface area contributed by atoms with E-state index in [4.69, 9.17) is 0 Å². The Bertz CT molecular complexity index is 805. The van der Waals surface area contributed by atoms with Gasteiger partial charge in [0, 0.05) is 37.8 Å². The van der Waals surface area contributed by atoms with Crippen molar-refractivity contribution < 1.29 is 0 Å². The van der Waals surface area contributed by atoms with Crippen molar-refractivity contribution in [3.8, 4) is 0 Å². The van der Waals surface area contributed by atoms with E-state index in [1.807, 2.05) is 25.1 Å². The Labute approximate surface area is 134 Å². The Morgan fingerprint density at radius 2 is 1.74 bits per heavy atom. The molecule has 0 N–H and O–H groups in total. The van der Waals surface area contributed by atoms with Crippen LogP contribution in [0.25, 0.3) is 10.9 Å². The predicted molar refractivity (Wildman–Crippen MR) is 88.5 cm³/mol. The molecule has 3 aromatic heterocycles. The molecule has 1 fully saturated rings. The van der Waals surface area contributed by atoms with Crippen LogP contribution in [-0.4, -0.2) is 51.3 Å². The van der Waals surface area contributed by atoms with Crippen LogP contribution in [0, 0.1) is 6.92 Å². The van der Waals surface area contributed by atoms with Crippen LogP contribution in [0.4, 0.5) is 11.6 Å². The molecule has 0 amide bonds. The number of aryl methyl sites for hydroxylation is 1. The van der Waals surface area contributed by atoms with Gasteiger partial charge in [-0.05, 0) is 25.1 Å². The molecule has 7 heteroatoms. The van der Waals surface area contributed by atoms with Gasteiger partial charge in [-0.15, -0.1) is 5.10 Å². The van der Waals surface area contributed by atoms with Crippen molar-refractivity contribution in [3.63, 3.8) is 0 Å². The number of nitrogens with zero attached hydrogens (tertiary/aromatic N) is 7. The van der Waals surface area contributed by atoms with E-state index < -0.39 is 0 Å². The Morgan fingerprint density at radius 1 is 0.913 bits per heavy atom. The van der Waals surface area contributed by atoms with Gasteiger partial charge < -0.3 is 9.80 Å². The lowest BCUT2D eigenvalue weighted by Gasteiger charge is -2.36. The number of aromatic nitrogens is 5. The normalized spacial score (nSPS) is 15.2. The van der Waals surface area contributed by atoms with Gasteiger partial charge >= 0.3 is 0 Å². The van der Waals surface area contributed by atoms with Crippen LogP contribution in [0.5, 0.6) is 0 Å². The first-order valence-corrected chi connectivity index (χ1v) is 7.66. The fraction of sp³-hybridized carbons (Fsp3) is 0.312. The highest BCUT2D eigenvalue weighted by Gasteiger charge is 2.20. The topological polar surface area (TPSA) is 70.9 Å². The van der Waals surface area contributed by atoms with Crippen LogP contribution in [-0.2, 0) is 0 Å². The molecule has 1 saturated heterocycles. The first-order valence-electron chi connectivity index (χ1n) is 7.66. The molecule has 0 spiro atoms. The van der Waals surface area contributed by atoms with Crippen LogP contribution in [0.2, 0.25) is 0 Å². The van der Waals surface area contributed by atoms with Gasteiger partial charge in [-0.25, -0.2) is 9.97 Å². The van der Waals surface area contributed by atoms with Crippen LogP contribution in [0.3, 0.4) is 0 Å². The van der Waals surface area contributed by atoms with E-state index in [9.17, 15) is 0 Å². The molecule has 3 aromatic rings. The Balaban J connectivity index is 1.54. The largest absolute Gasteiger partial charge is 0.352 e. The molecule has 0 radical (unpaired) electrons. The number of piperazine rings is 1. The Kier molecular flexibility index (Phi) is 3.45. The maximum absolute atomic E-state index is 4.48. The predicted octanol–water partition coefficient (Wildman–Crippen LogP) is 1.45. The molecule has 4 rings (SSSR count). The zero-order chi connectivity index (χ0) is 15.6. The summed E-state index contributed by atoms with van der Waals surface area (Å²) in [5, 5.41) is 9.46. The number of anilines is 2. The quantitative estimate of drug-likeness (QED) is 0.709. The molecule has 0 saturated carbocycles. The summed E-state index contributed by atoms with van der Waals surface area (Å²) in [7, 11) is 0. The van der Waals surface area contributed by atoms with Crippen molar-refractivity contribution >= 4 is 22.5 Å². The summed E-state index contributed by atoms with van der Waals surface area (Å²) in [6, 6.07) is 6.01. The average molecular weight is 307 g/mol. The van der Waals surface area contributed by atoms with E-state index in [0.717, 1.165) is 54.4 Å². The number of fused-ring (bicyclic) bond motifs is 1. The standard InChI is InChI=1S/C16H17N7/c1-12-2-3-15(21-20-12)22-6-8-23(9-7-22)16-13-4-5-17-10-14(13)18-11-19-16/h2-5,10-11H,6-9H2,1H3. The smallest absolute Gasteiger partial charge is 0.151 e. The first-order chi connectivity index (χ1) is 11.3. The molecule has 0 unspecified atom stereocenters. The fourth-order valence-corrected chi connectivity index (χ4v) is 2.85. The molecule has 23 heavy (non-hydrogen) atoms. The van der Waals surface area contributed by atoms with Gasteiger partial charge in [-0.1, -0.05) is 0 Å². The lowest BCUT2D eigenvalue weighted by atomic mass is 10.2. The molecule has 0 aromatic carbocycles. The minimum absolute atomic E-state index is 0.879. The lowest BCUT2D eigenvalue weighted by molar-refractivity contribution is 0.639. The summed E-state index contributed by atoms with van der Waals surface area (Å²) in [5.74, 6) is 1.92. The number of rotatable bonds is 2. The third kappa shape index (κ3) is 2.65. The van der Waals surface area contributed by atoms with Crippen molar-refractivity contribution in [3.05, 3.63) is 42.6 Å². The Hall–Kier alpha value is -2.83. The van der Waals surface area contributed by atoms with Crippen LogP contribution in [0.1, 0.15) is 5.69 Å². The zero-order valence-electron chi connectivity index (χ0n) is 12.9. The molecule has 0 bridgehead atoms. The monoisotopic (exact) mass is 307 g/mol. The number of hydrogen-bond donors (Lipinski definition) is 0. The minimum atomic E-state index is 0.879. The van der Waals surface area contributed by atoms with Gasteiger partial charge in [0.1, 0.15) is 12.1 Å². The highest BCUT2D eigenvalue weighted by atomic mass is 15.3. The Morgan fingerprint density at radius 3 is 2.52 bits per heavy atom. The summed E-state index contributed by atoms with van der Waals surface area (Å²) >= 11 is 0. The number of hydrogen-bond acceptors (Lipinski definition) is 7. The van der Waals surface area contributed by atoms with Crippen molar-refractivity contribution in [2.24, 2.45) is 0 Å². The molecule has 0 atom stereocenters. The second kappa shape index (κ2) is 5.75. The van der Waals surface area contributed by atoms with E-state index in [1.54, 1.807) is 18.7 Å². The minimum Gasteiger partial charge on any atom is -0.352 e. The SMILES string of the molecule is Cc1ccc(N2CCN(c3ncnc4cnccc34)CC2)nn1. The molecule has 4 heterocycles. The number of pyridine rings is 1.